The number of hydrogen-bond acceptors (Lipinski definition) is 5. The Morgan fingerprint density at radius 2 is 1.64 bits per heavy atom. The number of methoxy groups -OCH3 is 2. The van der Waals surface area contributed by atoms with Gasteiger partial charge in [0.1, 0.15) is 11.5 Å². The maximum atomic E-state index is 12.8. The first-order valence-electron chi connectivity index (χ1n) is 8.96. The van der Waals surface area contributed by atoms with Crippen LogP contribution >= 0.6 is 0 Å². The number of carbonyl (C=O) groups excluding carboxylic acids is 1. The first-order valence-corrected chi connectivity index (χ1v) is 10.4. The van der Waals surface area contributed by atoms with Crippen LogP contribution in [-0.4, -0.2) is 45.9 Å². The number of carbonyl (C=O) groups is 1. The monoisotopic (exact) mass is 406 g/mol. The number of sulfonamides is 1. The van der Waals surface area contributed by atoms with Gasteiger partial charge >= 0.3 is 0 Å². The zero-order valence-corrected chi connectivity index (χ0v) is 17.4. The number of ether oxygens (including phenoxy) is 2. The summed E-state index contributed by atoms with van der Waals surface area (Å²) in [5.41, 5.74) is 1.06. The van der Waals surface area contributed by atoms with Crippen LogP contribution in [0.15, 0.2) is 47.4 Å². The van der Waals surface area contributed by atoms with Crippen molar-refractivity contribution in [3.8, 4) is 11.5 Å². The number of nitrogens with zero attached hydrogens (tertiary/aromatic N) is 1. The number of benzene rings is 2. The predicted octanol–water partition coefficient (Wildman–Crippen LogP) is 2.66. The summed E-state index contributed by atoms with van der Waals surface area (Å²) in [4.78, 5) is 12.7. The topological polar surface area (TPSA) is 84.9 Å². The van der Waals surface area contributed by atoms with Crippen molar-refractivity contribution in [2.45, 2.75) is 25.3 Å². The molecule has 152 valence electrons. The molecule has 2 rings (SSSR count). The molecule has 0 aromatic heterocycles. The van der Waals surface area contributed by atoms with E-state index in [4.69, 9.17) is 9.47 Å². The summed E-state index contributed by atoms with van der Waals surface area (Å²) in [6.45, 7) is 4.53. The lowest BCUT2D eigenvalue weighted by molar-refractivity contribution is 0.0947. The molecule has 2 aromatic rings. The molecule has 1 amide bonds. The van der Waals surface area contributed by atoms with Gasteiger partial charge in [0.15, 0.2) is 0 Å². The van der Waals surface area contributed by atoms with E-state index < -0.39 is 15.9 Å². The van der Waals surface area contributed by atoms with E-state index in [2.05, 4.69) is 5.32 Å². The SMILES string of the molecule is CCN(CC)S(=O)(=O)c1ccc(OC)c(C(=O)NCc2ccc(OC)cc2)c1. The van der Waals surface area contributed by atoms with Crippen molar-refractivity contribution in [1.29, 1.82) is 0 Å². The van der Waals surface area contributed by atoms with E-state index in [0.29, 0.717) is 25.4 Å². The van der Waals surface area contributed by atoms with Gasteiger partial charge < -0.3 is 14.8 Å². The summed E-state index contributed by atoms with van der Waals surface area (Å²) in [5.74, 6) is 0.626. The maximum absolute atomic E-state index is 12.8. The molecule has 1 N–H and O–H groups in total. The van der Waals surface area contributed by atoms with E-state index in [-0.39, 0.29) is 10.5 Å². The lowest BCUT2D eigenvalue weighted by atomic mass is 10.1. The van der Waals surface area contributed by atoms with Crippen LogP contribution in [-0.2, 0) is 16.6 Å². The third kappa shape index (κ3) is 4.82. The van der Waals surface area contributed by atoms with Crippen molar-refractivity contribution in [3.05, 3.63) is 53.6 Å². The predicted molar refractivity (Wildman–Crippen MR) is 107 cm³/mol. The molecule has 0 aliphatic rings. The molecule has 8 heteroatoms. The molecule has 0 radical (unpaired) electrons. The van der Waals surface area contributed by atoms with E-state index in [1.165, 1.54) is 29.6 Å². The van der Waals surface area contributed by atoms with Crippen LogP contribution in [0.4, 0.5) is 0 Å². The quantitative estimate of drug-likeness (QED) is 0.692. The first-order chi connectivity index (χ1) is 13.4. The molecule has 0 aliphatic carbocycles. The normalized spacial score (nSPS) is 11.3. The first kappa shape index (κ1) is 21.7. The largest absolute Gasteiger partial charge is 0.497 e. The van der Waals surface area contributed by atoms with Crippen molar-refractivity contribution in [2.75, 3.05) is 27.3 Å². The van der Waals surface area contributed by atoms with Crippen LogP contribution in [0.2, 0.25) is 0 Å². The Balaban J connectivity index is 2.26. The summed E-state index contributed by atoms with van der Waals surface area (Å²) in [7, 11) is -0.649. The van der Waals surface area contributed by atoms with Crippen molar-refractivity contribution in [1.82, 2.24) is 9.62 Å². The molecular weight excluding hydrogens is 380 g/mol. The van der Waals surface area contributed by atoms with Crippen LogP contribution in [0.5, 0.6) is 11.5 Å². The fourth-order valence-electron chi connectivity index (χ4n) is 2.76. The highest BCUT2D eigenvalue weighted by Crippen LogP contribution is 2.24. The Bertz CT molecular complexity index is 907. The fraction of sp³-hybridized carbons (Fsp3) is 0.350. The summed E-state index contributed by atoms with van der Waals surface area (Å²) >= 11 is 0. The highest BCUT2D eigenvalue weighted by Gasteiger charge is 2.24. The van der Waals surface area contributed by atoms with Crippen molar-refractivity contribution >= 4 is 15.9 Å². The number of amides is 1. The van der Waals surface area contributed by atoms with Gasteiger partial charge in [-0.2, -0.15) is 4.31 Å². The maximum Gasteiger partial charge on any atom is 0.255 e. The van der Waals surface area contributed by atoms with Gasteiger partial charge in [0.2, 0.25) is 10.0 Å². The minimum atomic E-state index is -3.67. The molecule has 0 saturated heterocycles. The molecule has 2 aromatic carbocycles. The van der Waals surface area contributed by atoms with Crippen molar-refractivity contribution in [3.63, 3.8) is 0 Å². The summed E-state index contributed by atoms with van der Waals surface area (Å²) in [5, 5.41) is 2.80. The molecular formula is C20H26N2O5S. The number of hydrogen-bond donors (Lipinski definition) is 1. The molecule has 0 heterocycles. The smallest absolute Gasteiger partial charge is 0.255 e. The van der Waals surface area contributed by atoms with E-state index >= 15 is 0 Å². The third-order valence-electron chi connectivity index (χ3n) is 4.37. The van der Waals surface area contributed by atoms with E-state index in [1.54, 1.807) is 33.1 Å². The van der Waals surface area contributed by atoms with Crippen molar-refractivity contribution in [2.24, 2.45) is 0 Å². The van der Waals surface area contributed by atoms with E-state index in [9.17, 15) is 13.2 Å². The molecule has 0 unspecified atom stereocenters. The standard InChI is InChI=1S/C20H26N2O5S/c1-5-22(6-2)28(24,25)17-11-12-19(27-4)18(13-17)20(23)21-14-15-7-9-16(26-3)10-8-15/h7-13H,5-6,14H2,1-4H3,(H,21,23). The molecule has 7 nitrogen and oxygen atoms in total. The third-order valence-corrected chi connectivity index (χ3v) is 6.42. The molecule has 28 heavy (non-hydrogen) atoms. The zero-order valence-electron chi connectivity index (χ0n) is 16.6. The van der Waals surface area contributed by atoms with E-state index in [1.807, 2.05) is 12.1 Å². The van der Waals surface area contributed by atoms with Gasteiger partial charge in [-0.15, -0.1) is 0 Å². The van der Waals surface area contributed by atoms with Gasteiger partial charge in [-0.05, 0) is 35.9 Å². The molecule has 0 bridgehead atoms. The Hall–Kier alpha value is -2.58. The van der Waals surface area contributed by atoms with Gasteiger partial charge in [0.05, 0.1) is 24.7 Å². The molecule has 0 fully saturated rings. The lowest BCUT2D eigenvalue weighted by Gasteiger charge is -2.19. The average molecular weight is 407 g/mol. The van der Waals surface area contributed by atoms with Gasteiger partial charge in [-0.3, -0.25) is 4.79 Å². The van der Waals surface area contributed by atoms with Gasteiger partial charge in [0.25, 0.3) is 5.91 Å². The van der Waals surface area contributed by atoms with Crippen LogP contribution in [0.1, 0.15) is 29.8 Å². The molecule has 0 spiro atoms. The highest BCUT2D eigenvalue weighted by molar-refractivity contribution is 7.89. The highest BCUT2D eigenvalue weighted by atomic mass is 32.2. The van der Waals surface area contributed by atoms with Crippen LogP contribution in [0, 0.1) is 0 Å². The number of nitrogens with one attached hydrogen (secondary N) is 1. The molecule has 0 saturated carbocycles. The average Bonchev–Trinajstić information content (AvgIpc) is 2.72. The summed E-state index contributed by atoms with van der Waals surface area (Å²) in [6.07, 6.45) is 0. The molecule has 0 atom stereocenters. The van der Waals surface area contributed by atoms with Crippen molar-refractivity contribution < 1.29 is 22.7 Å². The molecule has 0 aliphatic heterocycles. The Morgan fingerprint density at radius 3 is 2.18 bits per heavy atom. The second-order valence-corrected chi connectivity index (χ2v) is 7.92. The second-order valence-electron chi connectivity index (χ2n) is 5.98. The van der Waals surface area contributed by atoms with Gasteiger partial charge in [-0.1, -0.05) is 26.0 Å². The number of rotatable bonds is 9. The zero-order chi connectivity index (χ0) is 20.7. The van der Waals surface area contributed by atoms with Crippen LogP contribution < -0.4 is 14.8 Å². The minimum Gasteiger partial charge on any atom is -0.497 e. The van der Waals surface area contributed by atoms with Crippen LogP contribution in [0.3, 0.4) is 0 Å². The second kappa shape index (κ2) is 9.57. The minimum absolute atomic E-state index is 0.0617. The van der Waals surface area contributed by atoms with E-state index in [0.717, 1.165) is 11.3 Å². The Labute approximate surface area is 166 Å². The van der Waals surface area contributed by atoms with Gasteiger partial charge in [0, 0.05) is 19.6 Å². The Morgan fingerprint density at radius 1 is 1.00 bits per heavy atom. The summed E-state index contributed by atoms with van der Waals surface area (Å²) in [6, 6.07) is 11.6. The Kier molecular flexibility index (Phi) is 7.42. The summed E-state index contributed by atoms with van der Waals surface area (Å²) < 4.78 is 37.2. The van der Waals surface area contributed by atoms with Crippen LogP contribution in [0.25, 0.3) is 0 Å². The fourth-order valence-corrected chi connectivity index (χ4v) is 4.24. The van der Waals surface area contributed by atoms with Gasteiger partial charge in [-0.25, -0.2) is 8.42 Å². The lowest BCUT2D eigenvalue weighted by Crippen LogP contribution is -2.31.